The molecule has 0 aliphatic heterocycles. The van der Waals surface area contributed by atoms with Crippen molar-refractivity contribution in [2.45, 2.75) is 26.3 Å². The summed E-state index contributed by atoms with van der Waals surface area (Å²) >= 11 is 0. The van der Waals surface area contributed by atoms with Gasteiger partial charge in [-0.2, -0.15) is 0 Å². The molecule has 55 heavy (non-hydrogen) atoms. The van der Waals surface area contributed by atoms with Crippen LogP contribution in [-0.4, -0.2) is 62.9 Å². The molecule has 1 heterocycles. The van der Waals surface area contributed by atoms with Gasteiger partial charge in [-0.05, 0) is 92.6 Å². The lowest BCUT2D eigenvalue weighted by molar-refractivity contribution is -0.697. The third-order valence-electron chi connectivity index (χ3n) is 7.38. The molecule has 0 fully saturated rings. The van der Waals surface area contributed by atoms with Gasteiger partial charge in [0, 0.05) is 23.8 Å². The van der Waals surface area contributed by atoms with Gasteiger partial charge in [0.15, 0.2) is 18.9 Å². The zero-order chi connectivity index (χ0) is 39.4. The van der Waals surface area contributed by atoms with Crippen molar-refractivity contribution < 1.29 is 57.0 Å². The molecule has 4 rings (SSSR count). The Morgan fingerprint density at radius 1 is 0.655 bits per heavy atom. The van der Waals surface area contributed by atoms with Crippen molar-refractivity contribution in [3.05, 3.63) is 133 Å². The van der Waals surface area contributed by atoms with Gasteiger partial charge >= 0.3 is 29.9 Å². The number of carbonyl (C=O) groups excluding carboxylic acids is 5. The number of unbranched alkanes of at least 4 members (excludes halogenated alkanes) is 1. The molecular formula is C41H42N3O11+. The molecular weight excluding hydrogens is 710 g/mol. The smallest absolute Gasteiger partial charge is 0.343 e. The number of hydrogen-bond acceptors (Lipinski definition) is 11. The van der Waals surface area contributed by atoms with Crippen molar-refractivity contribution in [3.8, 4) is 23.0 Å². The summed E-state index contributed by atoms with van der Waals surface area (Å²) in [4.78, 5) is 59.8. The number of nitrogens with one attached hydrogen (secondary N) is 2. The van der Waals surface area contributed by atoms with E-state index in [1.165, 1.54) is 24.3 Å². The van der Waals surface area contributed by atoms with Crippen LogP contribution in [0.3, 0.4) is 0 Å². The second-order valence-corrected chi connectivity index (χ2v) is 11.7. The van der Waals surface area contributed by atoms with Gasteiger partial charge in [0.05, 0.1) is 36.6 Å². The fourth-order valence-electron chi connectivity index (χ4n) is 4.47. The van der Waals surface area contributed by atoms with Crippen LogP contribution < -0.4 is 34.1 Å². The summed E-state index contributed by atoms with van der Waals surface area (Å²) in [6, 6.07) is 22.2. The van der Waals surface area contributed by atoms with E-state index in [0.717, 1.165) is 6.08 Å². The molecule has 2 N–H and O–H groups in total. The first-order valence-electron chi connectivity index (χ1n) is 17.3. The number of pyridine rings is 1. The molecule has 0 unspecified atom stereocenters. The number of benzene rings is 3. The van der Waals surface area contributed by atoms with Gasteiger partial charge in [-0.25, -0.2) is 28.5 Å². The van der Waals surface area contributed by atoms with Gasteiger partial charge in [-0.1, -0.05) is 13.2 Å². The number of ether oxygens (including phenoxy) is 6. The minimum absolute atomic E-state index is 0.0384. The number of anilines is 1. The van der Waals surface area contributed by atoms with E-state index in [2.05, 4.69) is 23.8 Å². The summed E-state index contributed by atoms with van der Waals surface area (Å²) in [6.45, 7) is 10.2. The van der Waals surface area contributed by atoms with E-state index < -0.39 is 29.9 Å². The standard InChI is InChI=1S/C41H41N3O11/c1-4-37(45)52-26-6-5-25-50-33-11-7-30(8-12-33)39(47)54-35-15-17-36(18-16-35)55-40(48)31-9-13-34(14-10-31)51-28-24-44-22-19-32(20-23-44)43-41(49)42-21-27-53-38(46)29(2)3/h4,7-20,22-23H,1-2,5-6,21,24-28H2,3H3,(H,42,49)/p+1. The highest BCUT2D eigenvalue weighted by Gasteiger charge is 2.13. The van der Waals surface area contributed by atoms with Crippen LogP contribution in [-0.2, 0) is 25.6 Å². The van der Waals surface area contributed by atoms with Gasteiger partial charge < -0.3 is 39.1 Å². The number of aromatic nitrogens is 1. The van der Waals surface area contributed by atoms with Crippen molar-refractivity contribution in [3.63, 3.8) is 0 Å². The van der Waals surface area contributed by atoms with E-state index >= 15 is 0 Å². The third-order valence-corrected chi connectivity index (χ3v) is 7.38. The molecule has 0 saturated heterocycles. The first-order valence-corrected chi connectivity index (χ1v) is 17.3. The van der Waals surface area contributed by atoms with Crippen LogP contribution in [0.15, 0.2) is 122 Å². The van der Waals surface area contributed by atoms with Crippen LogP contribution in [0, 0.1) is 0 Å². The third kappa shape index (κ3) is 14.5. The normalized spacial score (nSPS) is 10.3. The largest absolute Gasteiger partial charge is 0.494 e. The van der Waals surface area contributed by atoms with Crippen LogP contribution in [0.4, 0.5) is 10.5 Å². The molecule has 0 aliphatic rings. The Labute approximate surface area is 318 Å². The number of hydrogen-bond donors (Lipinski definition) is 2. The van der Waals surface area contributed by atoms with E-state index in [1.807, 2.05) is 4.57 Å². The maximum absolute atomic E-state index is 12.7. The molecule has 14 nitrogen and oxygen atoms in total. The SMILES string of the molecule is C=CC(=O)OCCCCOc1ccc(C(=O)Oc2ccc(OC(=O)c3ccc(OCC[n+]4ccc(NC(=O)NCCOC(=O)C(=C)C)cc4)cc3)cc2)cc1. The maximum Gasteiger partial charge on any atom is 0.343 e. The van der Waals surface area contributed by atoms with E-state index in [-0.39, 0.29) is 30.2 Å². The lowest BCUT2D eigenvalue weighted by atomic mass is 10.2. The lowest BCUT2D eigenvalue weighted by Crippen LogP contribution is -2.36. The molecule has 0 spiro atoms. The summed E-state index contributed by atoms with van der Waals surface area (Å²) in [6.07, 6.45) is 6.04. The number of esters is 4. The monoisotopic (exact) mass is 752 g/mol. The minimum atomic E-state index is -0.570. The Morgan fingerprint density at radius 2 is 1.16 bits per heavy atom. The fourth-order valence-corrected chi connectivity index (χ4v) is 4.47. The van der Waals surface area contributed by atoms with Crippen LogP contribution in [0.1, 0.15) is 40.5 Å². The molecule has 0 saturated carbocycles. The van der Waals surface area contributed by atoms with E-state index in [9.17, 15) is 24.0 Å². The summed E-state index contributed by atoms with van der Waals surface area (Å²) in [5, 5.41) is 5.30. The van der Waals surface area contributed by atoms with Crippen LogP contribution in [0.2, 0.25) is 0 Å². The molecule has 286 valence electrons. The summed E-state index contributed by atoms with van der Waals surface area (Å²) in [5.74, 6) is -0.404. The first kappa shape index (κ1) is 40.8. The van der Waals surface area contributed by atoms with Crippen LogP contribution >= 0.6 is 0 Å². The lowest BCUT2D eigenvalue weighted by Gasteiger charge is -2.09. The predicted octanol–water partition coefficient (Wildman–Crippen LogP) is 5.62. The minimum Gasteiger partial charge on any atom is -0.494 e. The Morgan fingerprint density at radius 3 is 1.69 bits per heavy atom. The predicted molar refractivity (Wildman–Crippen MR) is 200 cm³/mol. The summed E-state index contributed by atoms with van der Waals surface area (Å²) < 4.78 is 34.1. The maximum atomic E-state index is 12.7. The highest BCUT2D eigenvalue weighted by atomic mass is 16.5. The van der Waals surface area contributed by atoms with Crippen molar-refractivity contribution in [1.82, 2.24) is 5.32 Å². The van der Waals surface area contributed by atoms with E-state index in [4.69, 9.17) is 28.4 Å². The Balaban J connectivity index is 1.12. The number of nitrogens with zero attached hydrogens (tertiary/aromatic N) is 1. The van der Waals surface area contributed by atoms with Crippen LogP contribution in [0.5, 0.6) is 23.0 Å². The Kier molecular flexibility index (Phi) is 16.0. The van der Waals surface area contributed by atoms with Gasteiger partial charge in [-0.15, -0.1) is 0 Å². The molecule has 3 aromatic carbocycles. The second kappa shape index (κ2) is 21.5. The molecule has 4 aromatic rings. The van der Waals surface area contributed by atoms with Crippen molar-refractivity contribution in [1.29, 1.82) is 0 Å². The fraction of sp³-hybridized carbons (Fsp3) is 0.220. The van der Waals surface area contributed by atoms with E-state index in [1.54, 1.807) is 80.0 Å². The second-order valence-electron chi connectivity index (χ2n) is 11.7. The van der Waals surface area contributed by atoms with E-state index in [0.29, 0.717) is 67.5 Å². The summed E-state index contributed by atoms with van der Waals surface area (Å²) in [5.41, 5.74) is 1.52. The molecule has 0 aliphatic carbocycles. The topological polar surface area (TPSA) is 169 Å². The van der Waals surface area contributed by atoms with Crippen molar-refractivity contribution in [2.24, 2.45) is 0 Å². The molecule has 0 atom stereocenters. The highest BCUT2D eigenvalue weighted by molar-refractivity contribution is 5.92. The number of amides is 2. The summed E-state index contributed by atoms with van der Waals surface area (Å²) in [7, 11) is 0. The molecule has 1 aromatic heterocycles. The Hall–Kier alpha value is -6.96. The van der Waals surface area contributed by atoms with Crippen LogP contribution in [0.25, 0.3) is 0 Å². The molecule has 14 heteroatoms. The zero-order valence-electron chi connectivity index (χ0n) is 30.3. The molecule has 2 amide bonds. The van der Waals surface area contributed by atoms with Gasteiger partial charge in [0.2, 0.25) is 0 Å². The average molecular weight is 753 g/mol. The number of carbonyl (C=O) groups is 5. The Bertz CT molecular complexity index is 1930. The van der Waals surface area contributed by atoms with Gasteiger partial charge in [-0.3, -0.25) is 0 Å². The van der Waals surface area contributed by atoms with Gasteiger partial charge in [0.25, 0.3) is 0 Å². The number of rotatable bonds is 20. The van der Waals surface area contributed by atoms with Crippen molar-refractivity contribution >= 4 is 35.6 Å². The zero-order valence-corrected chi connectivity index (χ0v) is 30.3. The quantitative estimate of drug-likeness (QED) is 0.0378. The molecule has 0 bridgehead atoms. The number of urea groups is 1. The first-order chi connectivity index (χ1) is 26.6. The highest BCUT2D eigenvalue weighted by Crippen LogP contribution is 2.21. The van der Waals surface area contributed by atoms with Crippen molar-refractivity contribution in [2.75, 3.05) is 38.3 Å². The average Bonchev–Trinajstić information content (AvgIpc) is 3.19. The van der Waals surface area contributed by atoms with Gasteiger partial charge in [0.1, 0.15) is 36.2 Å². The molecule has 0 radical (unpaired) electrons.